The van der Waals surface area contributed by atoms with E-state index in [-0.39, 0.29) is 17.4 Å². The second-order valence-electron chi connectivity index (χ2n) is 4.50. The summed E-state index contributed by atoms with van der Waals surface area (Å²) in [5, 5.41) is 0. The molecule has 0 aliphatic rings. The molecule has 0 spiro atoms. The van der Waals surface area contributed by atoms with Crippen LogP contribution < -0.4 is 9.47 Å². The van der Waals surface area contributed by atoms with Crippen molar-refractivity contribution in [3.8, 4) is 17.4 Å². The first-order valence-electron chi connectivity index (χ1n) is 6.50. The molecule has 120 valence electrons. The van der Waals surface area contributed by atoms with Gasteiger partial charge in [-0.15, -0.1) is 13.2 Å². The summed E-state index contributed by atoms with van der Waals surface area (Å²) in [7, 11) is 0. The molecule has 2 rings (SSSR count). The molecule has 0 atom stereocenters. The highest BCUT2D eigenvalue weighted by atomic mass is 19.4. The fourth-order valence-corrected chi connectivity index (χ4v) is 1.59. The Labute approximate surface area is 130 Å². The minimum absolute atomic E-state index is 0.0773. The van der Waals surface area contributed by atoms with Crippen LogP contribution >= 0.6 is 0 Å². The number of carbonyl (C=O) groups is 1. The number of nitrogens with zero attached hydrogens (tertiary/aromatic N) is 1. The molecule has 0 fully saturated rings. The molecule has 1 aromatic carbocycles. The number of halogens is 3. The highest BCUT2D eigenvalue weighted by Crippen LogP contribution is 2.26. The molecule has 0 saturated carbocycles. The number of aromatic nitrogens is 1. The largest absolute Gasteiger partial charge is 0.573 e. The van der Waals surface area contributed by atoms with E-state index in [2.05, 4.69) is 9.72 Å². The molecule has 0 saturated heterocycles. The van der Waals surface area contributed by atoms with Gasteiger partial charge in [-0.3, -0.25) is 4.79 Å². The number of carbonyl (C=O) groups excluding carboxylic acids is 1. The Morgan fingerprint density at radius 1 is 1.09 bits per heavy atom. The van der Waals surface area contributed by atoms with Gasteiger partial charge >= 0.3 is 6.36 Å². The third-order valence-electron chi connectivity index (χ3n) is 2.55. The molecule has 4 nitrogen and oxygen atoms in total. The van der Waals surface area contributed by atoms with Gasteiger partial charge in [0.05, 0.1) is 0 Å². The lowest BCUT2D eigenvalue weighted by molar-refractivity contribution is -0.274. The Balaban J connectivity index is 2.00. The minimum atomic E-state index is -4.73. The predicted molar refractivity (Wildman–Crippen MR) is 77.2 cm³/mol. The summed E-state index contributed by atoms with van der Waals surface area (Å²) in [4.78, 5) is 14.9. The van der Waals surface area contributed by atoms with Crippen LogP contribution in [-0.4, -0.2) is 17.1 Å². The first kappa shape index (κ1) is 16.5. The Bertz CT molecular complexity index is 692. The number of hydrogen-bond donors (Lipinski definition) is 0. The smallest absolute Gasteiger partial charge is 0.439 e. The maximum atomic E-state index is 12.0. The van der Waals surface area contributed by atoms with Gasteiger partial charge in [0.25, 0.3) is 0 Å². The molecule has 2 aromatic rings. The highest BCUT2D eigenvalue weighted by molar-refractivity contribution is 5.91. The van der Waals surface area contributed by atoms with Gasteiger partial charge in [-0.05, 0) is 55.0 Å². The van der Waals surface area contributed by atoms with Crippen LogP contribution in [0.5, 0.6) is 17.4 Å². The van der Waals surface area contributed by atoms with Crippen molar-refractivity contribution >= 4 is 11.9 Å². The zero-order valence-corrected chi connectivity index (χ0v) is 12.0. The van der Waals surface area contributed by atoms with Crippen molar-refractivity contribution in [2.75, 3.05) is 0 Å². The third kappa shape index (κ3) is 5.82. The number of hydrogen-bond acceptors (Lipinski definition) is 4. The van der Waals surface area contributed by atoms with Crippen LogP contribution in [0, 0.1) is 0 Å². The maximum absolute atomic E-state index is 12.0. The van der Waals surface area contributed by atoms with Gasteiger partial charge in [0.1, 0.15) is 11.5 Å². The maximum Gasteiger partial charge on any atom is 0.573 e. The van der Waals surface area contributed by atoms with Crippen molar-refractivity contribution in [1.29, 1.82) is 0 Å². The summed E-state index contributed by atoms with van der Waals surface area (Å²) >= 11 is 0. The molecule has 0 radical (unpaired) electrons. The van der Waals surface area contributed by atoms with E-state index in [0.717, 1.165) is 17.7 Å². The van der Waals surface area contributed by atoms with Crippen LogP contribution in [0.15, 0.2) is 48.7 Å². The molecule has 1 aromatic heterocycles. The standard InChI is InChI=1S/C16H12F3NO3/c1-11(21)2-3-12-4-9-15(20-10-12)22-13-5-7-14(8-6-13)23-16(17,18)19/h2-10H,1H3/b3-2+. The van der Waals surface area contributed by atoms with Crippen LogP contribution in [0.3, 0.4) is 0 Å². The van der Waals surface area contributed by atoms with Gasteiger partial charge in [-0.25, -0.2) is 4.98 Å². The molecule has 23 heavy (non-hydrogen) atoms. The SMILES string of the molecule is CC(=O)/C=C/c1ccc(Oc2ccc(OC(F)(F)F)cc2)nc1. The highest BCUT2D eigenvalue weighted by Gasteiger charge is 2.30. The summed E-state index contributed by atoms with van der Waals surface area (Å²) in [5.74, 6) is 0.183. The van der Waals surface area contributed by atoms with Crippen molar-refractivity contribution in [1.82, 2.24) is 4.98 Å². The zero-order valence-electron chi connectivity index (χ0n) is 12.0. The number of ketones is 1. The van der Waals surface area contributed by atoms with E-state index in [0.29, 0.717) is 5.75 Å². The summed E-state index contributed by atoms with van der Waals surface area (Å²) in [6, 6.07) is 8.25. The number of rotatable bonds is 5. The summed E-state index contributed by atoms with van der Waals surface area (Å²) in [6.45, 7) is 1.44. The first-order chi connectivity index (χ1) is 10.8. The quantitative estimate of drug-likeness (QED) is 0.766. The number of pyridine rings is 1. The van der Waals surface area contributed by atoms with Gasteiger partial charge in [0, 0.05) is 12.3 Å². The van der Waals surface area contributed by atoms with Crippen molar-refractivity contribution in [2.24, 2.45) is 0 Å². The van der Waals surface area contributed by atoms with E-state index in [4.69, 9.17) is 4.74 Å². The van der Waals surface area contributed by atoms with Crippen LogP contribution in [0.4, 0.5) is 13.2 Å². The third-order valence-corrected chi connectivity index (χ3v) is 2.55. The molecule has 0 N–H and O–H groups in total. The van der Waals surface area contributed by atoms with E-state index < -0.39 is 6.36 Å². The lowest BCUT2D eigenvalue weighted by atomic mass is 10.2. The van der Waals surface area contributed by atoms with Crippen molar-refractivity contribution in [2.45, 2.75) is 13.3 Å². The van der Waals surface area contributed by atoms with Gasteiger partial charge in [-0.1, -0.05) is 0 Å². The Morgan fingerprint density at radius 2 is 1.74 bits per heavy atom. The predicted octanol–water partition coefficient (Wildman–Crippen LogP) is 4.37. The molecule has 0 aliphatic heterocycles. The lowest BCUT2D eigenvalue weighted by Crippen LogP contribution is -2.16. The molecular weight excluding hydrogens is 311 g/mol. The van der Waals surface area contributed by atoms with E-state index >= 15 is 0 Å². The van der Waals surface area contributed by atoms with Gasteiger partial charge in [0.2, 0.25) is 5.88 Å². The van der Waals surface area contributed by atoms with Gasteiger partial charge in [0.15, 0.2) is 5.78 Å². The van der Waals surface area contributed by atoms with Crippen LogP contribution in [-0.2, 0) is 4.79 Å². The molecule has 0 amide bonds. The molecule has 7 heteroatoms. The van der Waals surface area contributed by atoms with Crippen LogP contribution in [0.1, 0.15) is 12.5 Å². The zero-order chi connectivity index (χ0) is 16.9. The monoisotopic (exact) mass is 323 g/mol. The number of alkyl halides is 3. The molecule has 0 unspecified atom stereocenters. The summed E-state index contributed by atoms with van der Waals surface area (Å²) in [6.07, 6.45) is -0.192. The van der Waals surface area contributed by atoms with Gasteiger partial charge in [-0.2, -0.15) is 0 Å². The number of ether oxygens (including phenoxy) is 2. The van der Waals surface area contributed by atoms with E-state index in [1.807, 2.05) is 0 Å². The lowest BCUT2D eigenvalue weighted by Gasteiger charge is -2.09. The van der Waals surface area contributed by atoms with Gasteiger partial charge < -0.3 is 9.47 Å². The van der Waals surface area contributed by atoms with Crippen LogP contribution in [0.2, 0.25) is 0 Å². The van der Waals surface area contributed by atoms with Crippen molar-refractivity contribution in [3.63, 3.8) is 0 Å². The first-order valence-corrected chi connectivity index (χ1v) is 6.50. The average Bonchev–Trinajstić information content (AvgIpc) is 2.47. The molecular formula is C16H12F3NO3. The number of benzene rings is 1. The second kappa shape index (κ2) is 6.95. The Kier molecular flexibility index (Phi) is 5.00. The fraction of sp³-hybridized carbons (Fsp3) is 0.125. The van der Waals surface area contributed by atoms with E-state index in [1.165, 1.54) is 31.3 Å². The van der Waals surface area contributed by atoms with Crippen molar-refractivity contribution in [3.05, 3.63) is 54.2 Å². The summed E-state index contributed by atoms with van der Waals surface area (Å²) in [5.41, 5.74) is 0.724. The summed E-state index contributed by atoms with van der Waals surface area (Å²) < 4.78 is 45.3. The van der Waals surface area contributed by atoms with E-state index in [1.54, 1.807) is 18.2 Å². The molecule has 0 aliphatic carbocycles. The molecule has 0 bridgehead atoms. The van der Waals surface area contributed by atoms with Crippen molar-refractivity contribution < 1.29 is 27.4 Å². The normalized spacial score (nSPS) is 11.5. The Morgan fingerprint density at radius 3 is 2.26 bits per heavy atom. The Hall–Kier alpha value is -2.83. The fourth-order valence-electron chi connectivity index (χ4n) is 1.59. The molecule has 1 heterocycles. The minimum Gasteiger partial charge on any atom is -0.439 e. The number of allylic oxidation sites excluding steroid dienone is 1. The second-order valence-corrected chi connectivity index (χ2v) is 4.50. The van der Waals surface area contributed by atoms with E-state index in [9.17, 15) is 18.0 Å². The topological polar surface area (TPSA) is 48.4 Å². The van der Waals surface area contributed by atoms with Crippen LogP contribution in [0.25, 0.3) is 6.08 Å². The average molecular weight is 323 g/mol.